The van der Waals surface area contributed by atoms with Crippen molar-refractivity contribution in [2.75, 3.05) is 27.3 Å². The molecule has 3 aromatic rings. The zero-order valence-corrected chi connectivity index (χ0v) is 24.1. The van der Waals surface area contributed by atoms with Crippen LogP contribution in [0.15, 0.2) is 48.5 Å². The maximum atomic E-state index is 15.1. The zero-order valence-electron chi connectivity index (χ0n) is 23.3. The highest BCUT2D eigenvalue weighted by atomic mass is 35.5. The highest BCUT2D eigenvalue weighted by molar-refractivity contribution is 6.07. The number of carbonyl (C=O) groups excluding carboxylic acids is 2. The first-order valence-electron chi connectivity index (χ1n) is 12.3. The summed E-state index contributed by atoms with van der Waals surface area (Å²) in [5.74, 6) is -2.55. The summed E-state index contributed by atoms with van der Waals surface area (Å²) in [6.07, 6.45) is 0. The van der Waals surface area contributed by atoms with E-state index in [4.69, 9.17) is 9.47 Å². The lowest BCUT2D eigenvalue weighted by molar-refractivity contribution is -0.384. The minimum atomic E-state index is -0.863. The molecule has 0 bridgehead atoms. The molecule has 0 spiro atoms. The number of nitro groups is 1. The van der Waals surface area contributed by atoms with E-state index in [0.29, 0.717) is 13.1 Å². The lowest BCUT2D eigenvalue weighted by atomic mass is 9.91. The van der Waals surface area contributed by atoms with E-state index >= 15 is 4.39 Å². The summed E-state index contributed by atoms with van der Waals surface area (Å²) >= 11 is 0. The Labute approximate surface area is 238 Å². The van der Waals surface area contributed by atoms with E-state index in [9.17, 15) is 19.7 Å². The monoisotopic (exact) mass is 573 g/mol. The van der Waals surface area contributed by atoms with Crippen LogP contribution in [0, 0.1) is 35.2 Å². The first-order valence-corrected chi connectivity index (χ1v) is 12.3. The molecule has 0 aliphatic rings. The molecule has 9 nitrogen and oxygen atoms in total. The standard InChI is InChI=1S/C29H32FN3O6.ClH/c1-18-24(27(34)38-6)26(22-14-21(33(36)37)12-13-23(22)30)25(19(2)31-18)28(35)39-17-29(3,4)16-32(5)15-20-10-8-7-9-11-20;/h7-14H,15-17H2,1-6H3;1H. The number of hydrogen-bond donors (Lipinski definition) is 0. The lowest BCUT2D eigenvalue weighted by Crippen LogP contribution is -2.35. The van der Waals surface area contributed by atoms with Crippen molar-refractivity contribution in [1.82, 2.24) is 9.88 Å². The minimum Gasteiger partial charge on any atom is -0.465 e. The normalized spacial score (nSPS) is 11.1. The topological polar surface area (TPSA) is 112 Å². The molecule has 0 saturated carbocycles. The van der Waals surface area contributed by atoms with Crippen LogP contribution >= 0.6 is 12.4 Å². The summed E-state index contributed by atoms with van der Waals surface area (Å²) in [6, 6.07) is 12.9. The number of non-ortho nitro benzene ring substituents is 1. The van der Waals surface area contributed by atoms with Crippen LogP contribution in [0.1, 0.15) is 51.5 Å². The Morgan fingerprint density at radius 3 is 2.23 bits per heavy atom. The summed E-state index contributed by atoms with van der Waals surface area (Å²) in [6.45, 7) is 8.26. The molecular weight excluding hydrogens is 541 g/mol. The fraction of sp³-hybridized carbons (Fsp3) is 0.345. The van der Waals surface area contributed by atoms with Gasteiger partial charge in [0.1, 0.15) is 5.82 Å². The van der Waals surface area contributed by atoms with Gasteiger partial charge in [-0.25, -0.2) is 14.0 Å². The average Bonchev–Trinajstić information content (AvgIpc) is 2.87. The second-order valence-electron chi connectivity index (χ2n) is 10.2. The first kappa shape index (κ1) is 32.3. The SMILES string of the molecule is COC(=O)c1c(C)nc(C)c(C(=O)OCC(C)(C)CN(C)Cc2ccccc2)c1-c1cc([N+](=O)[O-])ccc1F.Cl. The molecule has 214 valence electrons. The van der Waals surface area contributed by atoms with Crippen LogP contribution in [0.3, 0.4) is 0 Å². The van der Waals surface area contributed by atoms with Gasteiger partial charge in [0.05, 0.1) is 41.2 Å². The van der Waals surface area contributed by atoms with Crippen LogP contribution in [0.4, 0.5) is 10.1 Å². The second-order valence-corrected chi connectivity index (χ2v) is 10.2. The molecule has 3 rings (SSSR count). The maximum absolute atomic E-state index is 15.1. The summed E-state index contributed by atoms with van der Waals surface area (Å²) in [4.78, 5) is 43.4. The fourth-order valence-corrected chi connectivity index (χ4v) is 4.60. The number of methoxy groups -OCH3 is 1. The highest BCUT2D eigenvalue weighted by Crippen LogP contribution is 2.36. The number of nitro benzene ring substituents is 1. The van der Waals surface area contributed by atoms with Gasteiger partial charge in [-0.15, -0.1) is 12.4 Å². The number of ether oxygens (including phenoxy) is 2. The van der Waals surface area contributed by atoms with Crippen LogP contribution in [-0.4, -0.2) is 54.1 Å². The number of rotatable bonds is 10. The van der Waals surface area contributed by atoms with Gasteiger partial charge in [0.2, 0.25) is 0 Å². The van der Waals surface area contributed by atoms with Crippen molar-refractivity contribution < 1.29 is 28.4 Å². The Morgan fingerprint density at radius 1 is 1.05 bits per heavy atom. The summed E-state index contributed by atoms with van der Waals surface area (Å²) < 4.78 is 25.7. The molecule has 2 aromatic carbocycles. The third kappa shape index (κ3) is 7.61. The van der Waals surface area contributed by atoms with Crippen LogP contribution < -0.4 is 0 Å². The van der Waals surface area contributed by atoms with Gasteiger partial charge in [-0.05, 0) is 32.5 Å². The summed E-state index contributed by atoms with van der Waals surface area (Å²) in [7, 11) is 3.11. The number of carbonyl (C=O) groups is 2. The molecular formula is C29H33ClFN3O6. The molecule has 0 saturated heterocycles. The van der Waals surface area contributed by atoms with E-state index < -0.39 is 33.8 Å². The van der Waals surface area contributed by atoms with Gasteiger partial charge < -0.3 is 14.4 Å². The van der Waals surface area contributed by atoms with E-state index in [2.05, 4.69) is 9.88 Å². The van der Waals surface area contributed by atoms with Crippen LogP contribution in [0.5, 0.6) is 0 Å². The third-order valence-corrected chi connectivity index (χ3v) is 6.17. The smallest absolute Gasteiger partial charge is 0.340 e. The van der Waals surface area contributed by atoms with Crippen molar-refractivity contribution in [3.05, 3.63) is 92.5 Å². The first-order chi connectivity index (χ1) is 18.3. The van der Waals surface area contributed by atoms with Gasteiger partial charge in [-0.2, -0.15) is 0 Å². The number of aromatic nitrogens is 1. The fourth-order valence-electron chi connectivity index (χ4n) is 4.60. The van der Waals surface area contributed by atoms with Gasteiger partial charge in [0.15, 0.2) is 0 Å². The predicted molar refractivity (Wildman–Crippen MR) is 151 cm³/mol. The zero-order chi connectivity index (χ0) is 28.9. The molecule has 1 heterocycles. The van der Waals surface area contributed by atoms with Crippen molar-refractivity contribution in [2.45, 2.75) is 34.2 Å². The number of benzene rings is 2. The number of esters is 2. The summed E-state index contributed by atoms with van der Waals surface area (Å²) in [5, 5.41) is 11.4. The van der Waals surface area contributed by atoms with Gasteiger partial charge in [0.25, 0.3) is 5.69 Å². The van der Waals surface area contributed by atoms with Gasteiger partial charge in [-0.1, -0.05) is 44.2 Å². The molecule has 0 unspecified atom stereocenters. The Bertz CT molecular complexity index is 1400. The van der Waals surface area contributed by atoms with Crippen LogP contribution in [0.25, 0.3) is 11.1 Å². The molecule has 11 heteroatoms. The Kier molecular flexibility index (Phi) is 10.9. The van der Waals surface area contributed by atoms with Crippen LogP contribution in [-0.2, 0) is 16.0 Å². The third-order valence-electron chi connectivity index (χ3n) is 6.17. The van der Waals surface area contributed by atoms with Gasteiger partial charge in [0, 0.05) is 41.8 Å². The average molecular weight is 574 g/mol. The van der Waals surface area contributed by atoms with Crippen LogP contribution in [0.2, 0.25) is 0 Å². The number of pyridine rings is 1. The minimum absolute atomic E-state index is 0. The van der Waals surface area contributed by atoms with Crippen molar-refractivity contribution in [1.29, 1.82) is 0 Å². The van der Waals surface area contributed by atoms with Crippen molar-refractivity contribution in [3.8, 4) is 11.1 Å². The van der Waals surface area contributed by atoms with E-state index in [1.807, 2.05) is 51.2 Å². The molecule has 0 atom stereocenters. The molecule has 0 fully saturated rings. The molecule has 0 radical (unpaired) electrons. The van der Waals surface area contributed by atoms with E-state index in [1.165, 1.54) is 13.8 Å². The highest BCUT2D eigenvalue weighted by Gasteiger charge is 2.31. The molecule has 0 amide bonds. The predicted octanol–water partition coefficient (Wildman–Crippen LogP) is 5.94. The largest absolute Gasteiger partial charge is 0.465 e. The van der Waals surface area contributed by atoms with Crippen molar-refractivity contribution in [3.63, 3.8) is 0 Å². The van der Waals surface area contributed by atoms with Gasteiger partial charge in [-0.3, -0.25) is 15.1 Å². The summed E-state index contributed by atoms with van der Waals surface area (Å²) in [5.41, 5.74) is -0.142. The number of halogens is 2. The molecule has 1 aromatic heterocycles. The number of hydrogen-bond acceptors (Lipinski definition) is 8. The Morgan fingerprint density at radius 2 is 1.65 bits per heavy atom. The maximum Gasteiger partial charge on any atom is 0.340 e. The van der Waals surface area contributed by atoms with Gasteiger partial charge >= 0.3 is 11.9 Å². The lowest BCUT2D eigenvalue weighted by Gasteiger charge is -2.30. The molecule has 0 aliphatic heterocycles. The molecule has 0 N–H and O–H groups in total. The molecule has 40 heavy (non-hydrogen) atoms. The quantitative estimate of drug-likeness (QED) is 0.166. The molecule has 0 aliphatic carbocycles. The van der Waals surface area contributed by atoms with E-state index in [-0.39, 0.29) is 52.7 Å². The van der Waals surface area contributed by atoms with Crippen molar-refractivity contribution >= 4 is 30.0 Å². The number of aryl methyl sites for hydroxylation is 2. The van der Waals surface area contributed by atoms with Crippen molar-refractivity contribution in [2.24, 2.45) is 5.41 Å². The number of nitrogens with zero attached hydrogens (tertiary/aromatic N) is 3. The Balaban J connectivity index is 0.00000560. The van der Waals surface area contributed by atoms with E-state index in [1.54, 1.807) is 0 Å². The second kappa shape index (κ2) is 13.5. The van der Waals surface area contributed by atoms with E-state index in [0.717, 1.165) is 30.9 Å². The Hall–Kier alpha value is -3.89.